The quantitative estimate of drug-likeness (QED) is 0.702. The van der Waals surface area contributed by atoms with Crippen molar-refractivity contribution in [2.24, 2.45) is 0 Å². The van der Waals surface area contributed by atoms with Crippen molar-refractivity contribution in [2.45, 2.75) is 32.4 Å². The summed E-state index contributed by atoms with van der Waals surface area (Å²) in [5.41, 5.74) is 3.12. The van der Waals surface area contributed by atoms with Crippen molar-refractivity contribution in [2.75, 3.05) is 32.1 Å². The second-order valence-corrected chi connectivity index (χ2v) is 7.67. The van der Waals surface area contributed by atoms with Gasteiger partial charge in [0.25, 0.3) is 0 Å². The van der Waals surface area contributed by atoms with E-state index in [2.05, 4.69) is 38.1 Å². The lowest BCUT2D eigenvalue weighted by molar-refractivity contribution is -0.148. The summed E-state index contributed by atoms with van der Waals surface area (Å²) in [6.45, 7) is 5.37. The Balaban J connectivity index is 1.69. The SMILES string of the molecule is COC(=O)[C@@H]1CN(C(=O)CN(C)Cc2ccc(C(C)C)cc2)c2ccccc2O1. The minimum absolute atomic E-state index is 0.0871. The van der Waals surface area contributed by atoms with E-state index in [0.717, 1.165) is 5.56 Å². The molecule has 0 unspecified atom stereocenters. The van der Waals surface area contributed by atoms with Gasteiger partial charge in [0, 0.05) is 6.54 Å². The molecule has 154 valence electrons. The predicted octanol–water partition coefficient (Wildman–Crippen LogP) is 3.21. The van der Waals surface area contributed by atoms with Gasteiger partial charge in [-0.15, -0.1) is 0 Å². The van der Waals surface area contributed by atoms with E-state index in [1.165, 1.54) is 12.7 Å². The molecule has 1 aliphatic rings. The van der Waals surface area contributed by atoms with Gasteiger partial charge in [-0.3, -0.25) is 9.69 Å². The lowest BCUT2D eigenvalue weighted by Crippen LogP contribution is -2.49. The number of benzene rings is 2. The molecule has 0 bridgehead atoms. The van der Waals surface area contributed by atoms with Crippen molar-refractivity contribution in [3.63, 3.8) is 0 Å². The Morgan fingerprint density at radius 1 is 1.17 bits per heavy atom. The molecular weight excluding hydrogens is 368 g/mol. The summed E-state index contributed by atoms with van der Waals surface area (Å²) < 4.78 is 10.5. The number of ether oxygens (including phenoxy) is 2. The van der Waals surface area contributed by atoms with Crippen LogP contribution in [0.2, 0.25) is 0 Å². The van der Waals surface area contributed by atoms with Crippen LogP contribution in [-0.2, 0) is 20.9 Å². The number of likely N-dealkylation sites (N-methyl/N-ethyl adjacent to an activating group) is 1. The molecule has 3 rings (SSSR count). The first kappa shape index (κ1) is 20.9. The summed E-state index contributed by atoms with van der Waals surface area (Å²) in [4.78, 5) is 28.6. The summed E-state index contributed by atoms with van der Waals surface area (Å²) in [6, 6.07) is 15.7. The Morgan fingerprint density at radius 2 is 1.86 bits per heavy atom. The number of methoxy groups -OCH3 is 1. The van der Waals surface area contributed by atoms with E-state index in [0.29, 0.717) is 23.9 Å². The Kier molecular flexibility index (Phi) is 6.54. The zero-order chi connectivity index (χ0) is 21.0. The molecule has 0 fully saturated rings. The van der Waals surface area contributed by atoms with Gasteiger partial charge in [0.2, 0.25) is 12.0 Å². The summed E-state index contributed by atoms with van der Waals surface area (Å²) in [7, 11) is 3.23. The summed E-state index contributed by atoms with van der Waals surface area (Å²) in [5.74, 6) is 0.425. The summed E-state index contributed by atoms with van der Waals surface area (Å²) in [5, 5.41) is 0. The van der Waals surface area contributed by atoms with E-state index < -0.39 is 12.1 Å². The lowest BCUT2D eigenvalue weighted by Gasteiger charge is -2.34. The van der Waals surface area contributed by atoms with Crippen LogP contribution in [0.15, 0.2) is 48.5 Å². The van der Waals surface area contributed by atoms with Crippen LogP contribution >= 0.6 is 0 Å². The highest BCUT2D eigenvalue weighted by molar-refractivity contribution is 5.98. The predicted molar refractivity (Wildman–Crippen MR) is 112 cm³/mol. The van der Waals surface area contributed by atoms with Crippen molar-refractivity contribution in [1.29, 1.82) is 0 Å². The van der Waals surface area contributed by atoms with Gasteiger partial charge >= 0.3 is 5.97 Å². The van der Waals surface area contributed by atoms with Crippen molar-refractivity contribution in [3.05, 3.63) is 59.7 Å². The third-order valence-corrected chi connectivity index (χ3v) is 5.04. The molecular formula is C23H28N2O4. The number of carbonyl (C=O) groups is 2. The number of esters is 1. The largest absolute Gasteiger partial charge is 0.475 e. The van der Waals surface area contributed by atoms with Gasteiger partial charge < -0.3 is 14.4 Å². The van der Waals surface area contributed by atoms with Crippen LogP contribution in [-0.4, -0.2) is 50.1 Å². The Morgan fingerprint density at radius 3 is 2.52 bits per heavy atom. The van der Waals surface area contributed by atoms with Crippen LogP contribution in [0.1, 0.15) is 30.9 Å². The molecule has 0 aromatic heterocycles. The van der Waals surface area contributed by atoms with E-state index in [4.69, 9.17) is 9.47 Å². The second kappa shape index (κ2) is 9.09. The maximum absolute atomic E-state index is 13.0. The van der Waals surface area contributed by atoms with Crippen molar-refractivity contribution >= 4 is 17.6 Å². The average molecular weight is 396 g/mol. The van der Waals surface area contributed by atoms with Crippen LogP contribution in [0, 0.1) is 0 Å². The smallest absolute Gasteiger partial charge is 0.348 e. The minimum Gasteiger partial charge on any atom is -0.475 e. The first-order valence-electron chi connectivity index (χ1n) is 9.80. The van der Waals surface area contributed by atoms with E-state index in [9.17, 15) is 9.59 Å². The van der Waals surface area contributed by atoms with Crippen LogP contribution in [0.3, 0.4) is 0 Å². The highest BCUT2D eigenvalue weighted by Gasteiger charge is 2.34. The Bertz CT molecular complexity index is 863. The highest BCUT2D eigenvalue weighted by atomic mass is 16.6. The van der Waals surface area contributed by atoms with Gasteiger partial charge in [-0.05, 0) is 36.2 Å². The van der Waals surface area contributed by atoms with E-state index in [1.54, 1.807) is 11.0 Å². The fourth-order valence-corrected chi connectivity index (χ4v) is 3.42. The van der Waals surface area contributed by atoms with Gasteiger partial charge in [0.1, 0.15) is 5.75 Å². The maximum Gasteiger partial charge on any atom is 0.348 e. The van der Waals surface area contributed by atoms with Gasteiger partial charge in [0.05, 0.1) is 25.9 Å². The van der Waals surface area contributed by atoms with Crippen LogP contribution in [0.4, 0.5) is 5.69 Å². The molecule has 29 heavy (non-hydrogen) atoms. The number of fused-ring (bicyclic) bond motifs is 1. The fourth-order valence-electron chi connectivity index (χ4n) is 3.42. The first-order valence-corrected chi connectivity index (χ1v) is 9.80. The third-order valence-electron chi connectivity index (χ3n) is 5.04. The standard InChI is InChI=1S/C23H28N2O4/c1-16(2)18-11-9-17(10-12-18)13-24(3)15-22(26)25-14-21(23(27)28-4)29-20-8-6-5-7-19(20)25/h5-12,16,21H,13-15H2,1-4H3/t21-/m0/s1. The van der Waals surface area contributed by atoms with Gasteiger partial charge in [-0.2, -0.15) is 0 Å². The number of nitrogens with zero attached hydrogens (tertiary/aromatic N) is 2. The summed E-state index contributed by atoms with van der Waals surface area (Å²) in [6.07, 6.45) is -0.826. The number of anilines is 1. The number of hydrogen-bond acceptors (Lipinski definition) is 5. The van der Waals surface area contributed by atoms with Gasteiger partial charge in [0.15, 0.2) is 0 Å². The maximum atomic E-state index is 13.0. The Hall–Kier alpha value is -2.86. The zero-order valence-electron chi connectivity index (χ0n) is 17.4. The number of rotatable bonds is 6. The van der Waals surface area contributed by atoms with E-state index >= 15 is 0 Å². The molecule has 6 nitrogen and oxygen atoms in total. The first-order chi connectivity index (χ1) is 13.9. The number of carbonyl (C=O) groups excluding carboxylic acids is 2. The van der Waals surface area contributed by atoms with Crippen molar-refractivity contribution < 1.29 is 19.1 Å². The molecule has 6 heteroatoms. The van der Waals surface area contributed by atoms with Gasteiger partial charge in [-0.25, -0.2) is 4.79 Å². The third kappa shape index (κ3) is 4.95. The van der Waals surface area contributed by atoms with Crippen molar-refractivity contribution in [1.82, 2.24) is 4.90 Å². The number of hydrogen-bond donors (Lipinski definition) is 0. The van der Waals surface area contributed by atoms with Crippen LogP contribution in [0.5, 0.6) is 5.75 Å². The molecule has 0 saturated heterocycles. The van der Waals surface area contributed by atoms with Crippen molar-refractivity contribution in [3.8, 4) is 5.75 Å². The van der Waals surface area contributed by atoms with Crippen LogP contribution < -0.4 is 9.64 Å². The molecule has 1 heterocycles. The highest BCUT2D eigenvalue weighted by Crippen LogP contribution is 2.33. The molecule has 0 saturated carbocycles. The Labute approximate surface area is 172 Å². The van der Waals surface area contributed by atoms with Crippen LogP contribution in [0.25, 0.3) is 0 Å². The molecule has 0 N–H and O–H groups in total. The minimum atomic E-state index is -0.826. The van der Waals surface area contributed by atoms with E-state index in [1.807, 2.05) is 30.1 Å². The summed E-state index contributed by atoms with van der Waals surface area (Å²) >= 11 is 0. The topological polar surface area (TPSA) is 59.1 Å². The fraction of sp³-hybridized carbons (Fsp3) is 0.391. The number of para-hydroxylation sites is 2. The monoisotopic (exact) mass is 396 g/mol. The van der Waals surface area contributed by atoms with E-state index in [-0.39, 0.29) is 19.0 Å². The number of amides is 1. The molecule has 0 radical (unpaired) electrons. The second-order valence-electron chi connectivity index (χ2n) is 7.67. The molecule has 0 spiro atoms. The normalized spacial score (nSPS) is 15.8. The lowest BCUT2D eigenvalue weighted by atomic mass is 10.0. The molecule has 2 aromatic rings. The molecule has 2 aromatic carbocycles. The molecule has 0 aliphatic carbocycles. The average Bonchev–Trinajstić information content (AvgIpc) is 2.72. The molecule has 1 aliphatic heterocycles. The zero-order valence-corrected chi connectivity index (χ0v) is 17.4. The molecule has 1 atom stereocenters. The molecule has 1 amide bonds. The van der Waals surface area contributed by atoms with Gasteiger partial charge in [-0.1, -0.05) is 50.2 Å².